The number of nitrogens with two attached hydrogens (primary N) is 3. The normalized spacial score (nSPS) is 13.8. The summed E-state index contributed by atoms with van der Waals surface area (Å²) in [6.45, 7) is 1.03. The van der Waals surface area contributed by atoms with E-state index in [9.17, 15) is 43.5 Å². The van der Waals surface area contributed by atoms with E-state index in [2.05, 4.69) is 57.8 Å². The first-order valence-corrected chi connectivity index (χ1v) is 17.6. The summed E-state index contributed by atoms with van der Waals surface area (Å²) in [5.74, 6) is -7.66. The average Bonchev–Trinajstić information content (AvgIpc) is 3.67. The lowest BCUT2D eigenvalue weighted by Crippen LogP contribution is -2.56. The highest BCUT2D eigenvalue weighted by Crippen LogP contribution is 2.04. The van der Waals surface area contributed by atoms with Crippen molar-refractivity contribution in [2.45, 2.75) is 82.2 Å². The van der Waals surface area contributed by atoms with Crippen molar-refractivity contribution >= 4 is 59.2 Å². The maximum atomic E-state index is 13.1. The Kier molecular flexibility index (Phi) is 21.7. The molecule has 26 nitrogen and oxygen atoms in total. The Hall–Kier alpha value is -6.57. The number of hydrogen-bond acceptors (Lipinski definition) is 13. The molecule has 1 aromatic rings. The van der Waals surface area contributed by atoms with Gasteiger partial charge in [-0.2, -0.15) is 0 Å². The van der Waals surface area contributed by atoms with E-state index in [1.54, 1.807) is 0 Å². The molecule has 7 amide bonds. The number of aliphatic hydroxyl groups excluding tert-OH is 1. The predicted molar refractivity (Wildman–Crippen MR) is 200 cm³/mol. The fraction of sp³-hybridized carbons (Fsp3) is 0.581. The van der Waals surface area contributed by atoms with Gasteiger partial charge >= 0.3 is 5.97 Å². The second-order valence-corrected chi connectivity index (χ2v) is 12.6. The lowest BCUT2D eigenvalue weighted by Gasteiger charge is -2.23. The number of aromatic nitrogens is 2. The molecule has 1 rings (SSSR count). The highest BCUT2D eigenvalue weighted by molar-refractivity contribution is 5.96. The SMILES string of the molecule is C[C@H](NC(=O)CNC(=O)CNC(=O)[C@H](Cc1c[nH]cn1)NC(=O)[C@H](C)NC(=O)[C@@H](N)CO)C(=O)N[C@@H](CCCNC(=N)N)C(=O)N[C@@H](CCCNC(=N)N)C(=O)O. The molecule has 1 aromatic heterocycles. The quantitative estimate of drug-likeness (QED) is 0.0235. The van der Waals surface area contributed by atoms with Crippen molar-refractivity contribution in [1.29, 1.82) is 10.8 Å². The van der Waals surface area contributed by atoms with E-state index in [4.69, 9.17) is 33.1 Å². The average molecular weight is 811 g/mol. The first-order valence-electron chi connectivity index (χ1n) is 17.6. The number of amides is 7. The van der Waals surface area contributed by atoms with E-state index in [0.717, 1.165) is 0 Å². The molecular formula is C31H54N16O10. The maximum absolute atomic E-state index is 13.1. The van der Waals surface area contributed by atoms with Crippen LogP contribution in [0.2, 0.25) is 0 Å². The molecule has 0 saturated heterocycles. The number of H-pyrrole nitrogens is 1. The van der Waals surface area contributed by atoms with Crippen LogP contribution in [0.15, 0.2) is 12.5 Å². The smallest absolute Gasteiger partial charge is 0.326 e. The van der Waals surface area contributed by atoms with Gasteiger partial charge in [0.2, 0.25) is 41.4 Å². The van der Waals surface area contributed by atoms with E-state index >= 15 is 0 Å². The number of carbonyl (C=O) groups excluding carboxylic acids is 7. The second kappa shape index (κ2) is 25.5. The Labute approximate surface area is 326 Å². The molecule has 26 heteroatoms. The van der Waals surface area contributed by atoms with Crippen LogP contribution >= 0.6 is 0 Å². The van der Waals surface area contributed by atoms with Gasteiger partial charge in [0.15, 0.2) is 11.9 Å². The molecule has 0 aliphatic rings. The third kappa shape index (κ3) is 20.1. The molecule has 0 bridgehead atoms. The molecule has 318 valence electrons. The van der Waals surface area contributed by atoms with Crippen LogP contribution in [-0.2, 0) is 44.8 Å². The number of imidazole rings is 1. The Morgan fingerprint density at radius 1 is 0.702 bits per heavy atom. The molecule has 0 aliphatic carbocycles. The summed E-state index contributed by atoms with van der Waals surface area (Å²) in [5.41, 5.74) is 16.3. The zero-order valence-corrected chi connectivity index (χ0v) is 31.5. The number of guanidine groups is 2. The van der Waals surface area contributed by atoms with Crippen LogP contribution in [0.5, 0.6) is 0 Å². The molecule has 0 fully saturated rings. The second-order valence-electron chi connectivity index (χ2n) is 12.6. The Bertz CT molecular complexity index is 1560. The van der Waals surface area contributed by atoms with Gasteiger partial charge in [-0.15, -0.1) is 0 Å². The number of rotatable bonds is 26. The van der Waals surface area contributed by atoms with E-state index in [1.807, 2.05) is 0 Å². The van der Waals surface area contributed by atoms with E-state index < -0.39 is 103 Å². The standard InChI is InChI=1S/C31H54N16O10/c1-15(24(51)45-19(5-3-7-38-30(33)34)28(55)46-20(29(56)57)6-4-8-39-31(35)36)43-23(50)12-40-22(49)11-41-27(54)21(9-17-10-37-14-42-17)47-25(52)16(2)44-26(53)18(32)13-48/h10,14-16,18-21,48H,3-9,11-13,32H2,1-2H3,(H,37,42)(H,40,49)(H,41,54)(H,43,50)(H,44,53)(H,45,51)(H,46,55)(H,47,52)(H,56,57)(H4,33,34,38)(H4,35,36,39)/t15-,16-,18-,19-,20-,21-/m0/s1. The van der Waals surface area contributed by atoms with Crippen LogP contribution in [-0.4, -0.2) is 148 Å². The van der Waals surface area contributed by atoms with Crippen LogP contribution in [0.1, 0.15) is 45.2 Å². The Balaban J connectivity index is 2.76. The molecule has 1 heterocycles. The lowest BCUT2D eigenvalue weighted by molar-refractivity contribution is -0.142. The number of aromatic amines is 1. The van der Waals surface area contributed by atoms with Gasteiger partial charge in [0.25, 0.3) is 0 Å². The van der Waals surface area contributed by atoms with Crippen LogP contribution in [0, 0.1) is 10.8 Å². The van der Waals surface area contributed by atoms with Crippen molar-refractivity contribution in [3.63, 3.8) is 0 Å². The minimum Gasteiger partial charge on any atom is -0.480 e. The minimum atomic E-state index is -1.34. The first kappa shape index (κ1) is 48.4. The summed E-state index contributed by atoms with van der Waals surface area (Å²) in [6, 6.07) is -7.54. The lowest BCUT2D eigenvalue weighted by atomic mass is 10.1. The zero-order valence-electron chi connectivity index (χ0n) is 31.5. The number of carboxylic acids is 1. The summed E-state index contributed by atoms with van der Waals surface area (Å²) in [7, 11) is 0. The number of aliphatic hydroxyl groups is 1. The van der Waals surface area contributed by atoms with E-state index in [-0.39, 0.29) is 57.1 Å². The first-order chi connectivity index (χ1) is 26.8. The summed E-state index contributed by atoms with van der Waals surface area (Å²) < 4.78 is 0. The van der Waals surface area contributed by atoms with Gasteiger partial charge in [-0.05, 0) is 39.5 Å². The van der Waals surface area contributed by atoms with Gasteiger partial charge < -0.3 is 80.2 Å². The van der Waals surface area contributed by atoms with Crippen molar-refractivity contribution in [1.82, 2.24) is 57.8 Å². The third-order valence-electron chi connectivity index (χ3n) is 7.74. The highest BCUT2D eigenvalue weighted by Gasteiger charge is 2.29. The number of nitrogens with zero attached hydrogens (tertiary/aromatic N) is 1. The van der Waals surface area contributed by atoms with Crippen molar-refractivity contribution < 1.29 is 48.6 Å². The molecular weight excluding hydrogens is 756 g/mol. The van der Waals surface area contributed by atoms with Crippen LogP contribution in [0.4, 0.5) is 0 Å². The van der Waals surface area contributed by atoms with Gasteiger partial charge in [0.1, 0.15) is 36.3 Å². The molecule has 0 aliphatic heterocycles. The molecule has 57 heavy (non-hydrogen) atoms. The van der Waals surface area contributed by atoms with Crippen molar-refractivity contribution in [3.8, 4) is 0 Å². The molecule has 6 atom stereocenters. The van der Waals surface area contributed by atoms with Gasteiger partial charge in [0, 0.05) is 25.7 Å². The van der Waals surface area contributed by atoms with Crippen molar-refractivity contribution in [3.05, 3.63) is 18.2 Å². The monoisotopic (exact) mass is 810 g/mol. The van der Waals surface area contributed by atoms with Crippen molar-refractivity contribution in [2.75, 3.05) is 32.8 Å². The molecule has 0 saturated carbocycles. The van der Waals surface area contributed by atoms with Crippen LogP contribution in [0.25, 0.3) is 0 Å². The fourth-order valence-corrected chi connectivity index (χ4v) is 4.63. The van der Waals surface area contributed by atoms with Crippen LogP contribution < -0.4 is 65.1 Å². The number of hydrogen-bond donors (Lipinski definition) is 17. The summed E-state index contributed by atoms with van der Waals surface area (Å²) >= 11 is 0. The zero-order chi connectivity index (χ0) is 43.1. The fourth-order valence-electron chi connectivity index (χ4n) is 4.63. The van der Waals surface area contributed by atoms with Gasteiger partial charge in [-0.1, -0.05) is 0 Å². The summed E-state index contributed by atoms with van der Waals surface area (Å²) in [6.07, 6.45) is 3.12. The number of carboxylic acid groups (broad SMARTS) is 1. The molecule has 0 unspecified atom stereocenters. The Morgan fingerprint density at radius 3 is 1.75 bits per heavy atom. The number of carbonyl (C=O) groups is 8. The molecule has 0 radical (unpaired) electrons. The largest absolute Gasteiger partial charge is 0.480 e. The maximum Gasteiger partial charge on any atom is 0.326 e. The summed E-state index contributed by atoms with van der Waals surface area (Å²) in [5, 5.41) is 54.7. The third-order valence-corrected chi connectivity index (χ3v) is 7.74. The topological polar surface area (TPSA) is 440 Å². The predicted octanol–water partition coefficient (Wildman–Crippen LogP) is -7.42. The molecule has 0 aromatic carbocycles. The van der Waals surface area contributed by atoms with Crippen LogP contribution in [0.3, 0.4) is 0 Å². The molecule has 20 N–H and O–H groups in total. The number of aliphatic carboxylic acids is 1. The van der Waals surface area contributed by atoms with Gasteiger partial charge in [0.05, 0.1) is 31.7 Å². The summed E-state index contributed by atoms with van der Waals surface area (Å²) in [4.78, 5) is 107. The van der Waals surface area contributed by atoms with Crippen molar-refractivity contribution in [2.24, 2.45) is 17.2 Å². The number of nitrogens with one attached hydrogen (secondary N) is 12. The molecule has 0 spiro atoms. The van der Waals surface area contributed by atoms with E-state index in [0.29, 0.717) is 5.69 Å². The van der Waals surface area contributed by atoms with Gasteiger partial charge in [-0.3, -0.25) is 44.4 Å². The minimum absolute atomic E-state index is 0.0142. The van der Waals surface area contributed by atoms with E-state index in [1.165, 1.54) is 26.4 Å². The Morgan fingerprint density at radius 2 is 1.23 bits per heavy atom. The van der Waals surface area contributed by atoms with Gasteiger partial charge in [-0.25, -0.2) is 9.78 Å². The highest BCUT2D eigenvalue weighted by atomic mass is 16.4.